The fourth-order valence-corrected chi connectivity index (χ4v) is 4.00. The minimum Gasteiger partial charge on any atom is -0.468 e. The summed E-state index contributed by atoms with van der Waals surface area (Å²) in [7, 11) is 3.41. The van der Waals surface area contributed by atoms with E-state index in [-0.39, 0.29) is 12.0 Å². The quantitative estimate of drug-likeness (QED) is 0.775. The molecule has 0 amide bonds. The average Bonchev–Trinajstić information content (AvgIpc) is 2.89. The lowest BCUT2D eigenvalue weighted by Crippen LogP contribution is -2.56. The lowest BCUT2D eigenvalue weighted by Gasteiger charge is -2.44. The Morgan fingerprint density at radius 2 is 2.15 bits per heavy atom. The van der Waals surface area contributed by atoms with E-state index in [0.29, 0.717) is 12.5 Å². The zero-order valence-corrected chi connectivity index (χ0v) is 12.0. The summed E-state index contributed by atoms with van der Waals surface area (Å²) in [6.45, 7) is 0.701. The van der Waals surface area contributed by atoms with Crippen LogP contribution < -0.4 is 0 Å². The lowest BCUT2D eigenvalue weighted by atomic mass is 9.62. The van der Waals surface area contributed by atoms with Gasteiger partial charge in [0.05, 0.1) is 19.8 Å². The summed E-state index contributed by atoms with van der Waals surface area (Å²) in [5.41, 5.74) is 0.434. The van der Waals surface area contributed by atoms with Crippen molar-refractivity contribution < 1.29 is 14.4 Å². The molecule has 108 valence electrons. The van der Waals surface area contributed by atoms with Crippen molar-refractivity contribution in [3.8, 4) is 0 Å². The molecule has 4 nitrogen and oxygen atoms in total. The average molecular weight is 275 g/mol. The van der Waals surface area contributed by atoms with E-state index in [1.165, 1.54) is 7.11 Å². The van der Waals surface area contributed by atoms with Gasteiger partial charge in [-0.15, -0.1) is 0 Å². The van der Waals surface area contributed by atoms with Crippen molar-refractivity contribution in [3.05, 3.63) is 35.9 Å². The molecule has 1 aliphatic carbocycles. The molecule has 2 aliphatic rings. The van der Waals surface area contributed by atoms with Crippen LogP contribution in [0.4, 0.5) is 0 Å². The zero-order valence-electron chi connectivity index (χ0n) is 12.0. The van der Waals surface area contributed by atoms with Crippen LogP contribution in [0.5, 0.6) is 0 Å². The van der Waals surface area contributed by atoms with Crippen molar-refractivity contribution in [1.82, 2.24) is 5.06 Å². The Kier molecular flexibility index (Phi) is 3.52. The van der Waals surface area contributed by atoms with Gasteiger partial charge in [0, 0.05) is 13.0 Å². The van der Waals surface area contributed by atoms with Gasteiger partial charge in [0.15, 0.2) is 0 Å². The molecule has 0 radical (unpaired) electrons. The topological polar surface area (TPSA) is 38.8 Å². The number of ether oxygens (including phenoxy) is 1. The fourth-order valence-electron chi connectivity index (χ4n) is 4.00. The number of hydroxylamine groups is 2. The number of hydrogen-bond acceptors (Lipinski definition) is 4. The number of fused-ring (bicyclic) bond motifs is 1. The maximum atomic E-state index is 12.7. The highest BCUT2D eigenvalue weighted by Crippen LogP contribution is 2.47. The molecule has 1 aromatic rings. The molecule has 0 bridgehead atoms. The first kappa shape index (κ1) is 13.6. The summed E-state index contributed by atoms with van der Waals surface area (Å²) < 4.78 is 5.18. The maximum Gasteiger partial charge on any atom is 0.318 e. The van der Waals surface area contributed by atoms with E-state index in [2.05, 4.69) is 0 Å². The predicted octanol–water partition coefficient (Wildman–Crippen LogP) is 2.14. The van der Waals surface area contributed by atoms with Gasteiger partial charge in [-0.3, -0.25) is 9.63 Å². The molecule has 1 aliphatic heterocycles. The Balaban J connectivity index is 2.12. The van der Waals surface area contributed by atoms with Gasteiger partial charge >= 0.3 is 5.97 Å². The molecule has 0 spiro atoms. The minimum atomic E-state index is -0.607. The number of hydrogen-bond donors (Lipinski definition) is 0. The van der Waals surface area contributed by atoms with E-state index in [1.54, 1.807) is 0 Å². The fraction of sp³-hybridized carbons (Fsp3) is 0.562. The Labute approximate surface area is 119 Å². The van der Waals surface area contributed by atoms with Crippen molar-refractivity contribution in [2.75, 3.05) is 20.8 Å². The third-order valence-electron chi connectivity index (χ3n) is 4.82. The van der Waals surface area contributed by atoms with Crippen LogP contribution in [0, 0.1) is 5.92 Å². The summed E-state index contributed by atoms with van der Waals surface area (Å²) in [5, 5.41) is 1.87. The molecule has 0 N–H and O–H groups in total. The van der Waals surface area contributed by atoms with E-state index < -0.39 is 5.41 Å². The highest BCUT2D eigenvalue weighted by atomic mass is 16.7. The van der Waals surface area contributed by atoms with Crippen LogP contribution in [-0.2, 0) is 19.8 Å². The highest BCUT2D eigenvalue weighted by Gasteiger charge is 2.57. The number of esters is 1. The predicted molar refractivity (Wildman–Crippen MR) is 75.0 cm³/mol. The Bertz CT molecular complexity index is 488. The highest BCUT2D eigenvalue weighted by molar-refractivity contribution is 5.84. The van der Waals surface area contributed by atoms with Gasteiger partial charge in [0.2, 0.25) is 0 Å². The van der Waals surface area contributed by atoms with Crippen LogP contribution in [0.2, 0.25) is 0 Å². The summed E-state index contributed by atoms with van der Waals surface area (Å²) in [6, 6.07) is 10.1. The number of carbonyl (C=O) groups excluding carboxylic acids is 1. The van der Waals surface area contributed by atoms with Gasteiger partial charge in [-0.1, -0.05) is 36.8 Å². The number of rotatable bonds is 2. The first-order valence-corrected chi connectivity index (χ1v) is 7.20. The van der Waals surface area contributed by atoms with Crippen LogP contribution in [0.3, 0.4) is 0 Å². The van der Waals surface area contributed by atoms with Crippen LogP contribution >= 0.6 is 0 Å². The number of benzene rings is 1. The van der Waals surface area contributed by atoms with Crippen LogP contribution in [0.15, 0.2) is 30.3 Å². The molecule has 20 heavy (non-hydrogen) atoms. The second kappa shape index (κ2) is 5.19. The van der Waals surface area contributed by atoms with E-state index in [9.17, 15) is 4.79 Å². The molecule has 1 heterocycles. The summed E-state index contributed by atoms with van der Waals surface area (Å²) in [6.07, 6.45) is 2.96. The number of nitrogens with zero attached hydrogens (tertiary/aromatic N) is 1. The van der Waals surface area contributed by atoms with Crippen LogP contribution in [0.25, 0.3) is 0 Å². The first-order valence-electron chi connectivity index (χ1n) is 7.20. The van der Waals surface area contributed by atoms with E-state index in [0.717, 1.165) is 24.8 Å². The molecule has 1 aromatic carbocycles. The van der Waals surface area contributed by atoms with Crippen LogP contribution in [0.1, 0.15) is 24.8 Å². The van der Waals surface area contributed by atoms with E-state index in [4.69, 9.17) is 9.57 Å². The van der Waals surface area contributed by atoms with Gasteiger partial charge in [0.1, 0.15) is 5.41 Å². The van der Waals surface area contributed by atoms with Gasteiger partial charge in [-0.25, -0.2) is 0 Å². The van der Waals surface area contributed by atoms with Gasteiger partial charge < -0.3 is 4.74 Å². The SMILES string of the molecule is COC(=O)[C@]1(c2ccccc2)CCC[C@H]2CON(C)[C@H]21. The molecule has 0 unspecified atom stereocenters. The molecule has 4 heteroatoms. The van der Waals surface area contributed by atoms with Gasteiger partial charge in [0.25, 0.3) is 0 Å². The van der Waals surface area contributed by atoms with Gasteiger partial charge in [-0.2, -0.15) is 5.06 Å². The Morgan fingerprint density at radius 3 is 2.85 bits per heavy atom. The molecule has 3 rings (SSSR count). The number of likely N-dealkylation sites (N-methyl/N-ethyl adjacent to an activating group) is 1. The summed E-state index contributed by atoms with van der Waals surface area (Å²) in [5.74, 6) is 0.254. The molecule has 3 atom stereocenters. The largest absolute Gasteiger partial charge is 0.468 e. The molecular weight excluding hydrogens is 254 g/mol. The van der Waals surface area contributed by atoms with Crippen molar-refractivity contribution in [3.63, 3.8) is 0 Å². The van der Waals surface area contributed by atoms with E-state index in [1.807, 2.05) is 42.4 Å². The molecular formula is C16H21NO3. The number of carbonyl (C=O) groups is 1. The smallest absolute Gasteiger partial charge is 0.318 e. The van der Waals surface area contributed by atoms with E-state index >= 15 is 0 Å². The first-order chi connectivity index (χ1) is 9.70. The number of methoxy groups -OCH3 is 1. The minimum absolute atomic E-state index is 0.0612. The monoisotopic (exact) mass is 275 g/mol. The van der Waals surface area contributed by atoms with Crippen molar-refractivity contribution in [1.29, 1.82) is 0 Å². The Hall–Kier alpha value is -1.39. The second-order valence-corrected chi connectivity index (χ2v) is 5.77. The normalized spacial score (nSPS) is 33.7. The van der Waals surface area contributed by atoms with Gasteiger partial charge in [-0.05, 0) is 18.4 Å². The third kappa shape index (κ3) is 1.86. The second-order valence-electron chi connectivity index (χ2n) is 5.77. The standard InChI is InChI=1S/C16H21NO3/c1-17-14-12(11-20-17)7-6-10-16(14,15(18)19-2)13-8-4-3-5-9-13/h3-5,8-9,12,14H,6-7,10-11H2,1-2H3/t12-,14+,16-/m0/s1. The molecule has 1 saturated heterocycles. The summed E-state index contributed by atoms with van der Waals surface area (Å²) in [4.78, 5) is 18.4. The maximum absolute atomic E-state index is 12.7. The Morgan fingerprint density at radius 1 is 1.40 bits per heavy atom. The summed E-state index contributed by atoms with van der Waals surface area (Å²) >= 11 is 0. The van der Waals surface area contributed by atoms with Crippen molar-refractivity contribution in [2.45, 2.75) is 30.7 Å². The zero-order chi connectivity index (χ0) is 14.2. The molecule has 2 fully saturated rings. The lowest BCUT2D eigenvalue weighted by molar-refractivity contribution is -0.164. The van der Waals surface area contributed by atoms with Crippen LogP contribution in [-0.4, -0.2) is 37.8 Å². The van der Waals surface area contributed by atoms with Crippen molar-refractivity contribution in [2.24, 2.45) is 5.92 Å². The molecule has 1 saturated carbocycles. The third-order valence-corrected chi connectivity index (χ3v) is 4.82. The van der Waals surface area contributed by atoms with Crippen molar-refractivity contribution >= 4 is 5.97 Å². The molecule has 0 aromatic heterocycles.